The van der Waals surface area contributed by atoms with Gasteiger partial charge in [0.05, 0.1) is 22.2 Å². The predicted molar refractivity (Wildman–Crippen MR) is 70.4 cm³/mol. The molecule has 0 unspecified atom stereocenters. The molecule has 2 rings (SSSR count). The van der Waals surface area contributed by atoms with Crippen LogP contribution in [0.25, 0.3) is 5.52 Å². The first kappa shape index (κ1) is 12.2. The van der Waals surface area contributed by atoms with Crippen molar-refractivity contribution in [3.05, 3.63) is 40.1 Å². The molecule has 2 aromatic heterocycles. The number of carbonyl (C=O) groups is 1. The van der Waals surface area contributed by atoms with Crippen LogP contribution in [-0.2, 0) is 11.2 Å². The average Bonchev–Trinajstić information content (AvgIpc) is 2.63. The third kappa shape index (κ3) is 1.97. The summed E-state index contributed by atoms with van der Waals surface area (Å²) in [6, 6.07) is 5.88. The number of rotatable bonds is 3. The number of hydrogen-bond acceptors (Lipinski definition) is 2. The molecule has 0 aliphatic carbocycles. The van der Waals surface area contributed by atoms with Crippen molar-refractivity contribution < 1.29 is 9.53 Å². The minimum atomic E-state index is -0.264. The van der Waals surface area contributed by atoms with E-state index < -0.39 is 0 Å². The summed E-state index contributed by atoms with van der Waals surface area (Å²) in [6.07, 6.45) is 2.74. The fraction of sp³-hybridized carbons (Fsp3) is 0.308. The Morgan fingerprint density at radius 1 is 1.41 bits per heavy atom. The van der Waals surface area contributed by atoms with Crippen LogP contribution in [0.3, 0.4) is 0 Å². The van der Waals surface area contributed by atoms with Crippen LogP contribution in [0.5, 0.6) is 0 Å². The van der Waals surface area contributed by atoms with Crippen molar-refractivity contribution in [2.75, 3.05) is 6.61 Å². The number of carbonyl (C=O) groups excluding carboxylic acids is 1. The zero-order valence-corrected chi connectivity index (χ0v) is 11.5. The van der Waals surface area contributed by atoms with Crippen molar-refractivity contribution in [1.29, 1.82) is 0 Å². The molecular formula is C13H14BrNO2. The highest BCUT2D eigenvalue weighted by atomic mass is 79.9. The molecule has 0 aromatic carbocycles. The van der Waals surface area contributed by atoms with E-state index in [2.05, 4.69) is 15.9 Å². The maximum atomic E-state index is 11.9. The Morgan fingerprint density at radius 3 is 2.82 bits per heavy atom. The Balaban J connectivity index is 2.69. The van der Waals surface area contributed by atoms with E-state index in [1.165, 1.54) is 0 Å². The van der Waals surface area contributed by atoms with E-state index in [0.717, 1.165) is 22.1 Å². The van der Waals surface area contributed by atoms with Crippen LogP contribution in [-0.4, -0.2) is 17.0 Å². The molecule has 90 valence electrons. The molecule has 0 spiro atoms. The first-order chi connectivity index (χ1) is 8.20. The lowest BCUT2D eigenvalue weighted by Gasteiger charge is -2.03. The maximum Gasteiger partial charge on any atom is 0.341 e. The SMILES string of the molecule is CCOC(=O)c1c(Br)c2ccccn2c1CC. The van der Waals surface area contributed by atoms with Gasteiger partial charge in [0.25, 0.3) is 0 Å². The Morgan fingerprint density at radius 2 is 2.18 bits per heavy atom. The highest BCUT2D eigenvalue weighted by molar-refractivity contribution is 9.10. The van der Waals surface area contributed by atoms with Crippen LogP contribution in [0.2, 0.25) is 0 Å². The van der Waals surface area contributed by atoms with Crippen LogP contribution in [0.4, 0.5) is 0 Å². The summed E-state index contributed by atoms with van der Waals surface area (Å²) >= 11 is 3.49. The maximum absolute atomic E-state index is 11.9. The second-order valence-corrected chi connectivity index (χ2v) is 4.46. The van der Waals surface area contributed by atoms with E-state index >= 15 is 0 Å². The zero-order chi connectivity index (χ0) is 12.4. The van der Waals surface area contributed by atoms with Crippen molar-refractivity contribution in [3.8, 4) is 0 Å². The standard InChI is InChI=1S/C13H14BrNO2/c1-3-9-11(13(16)17-4-2)12(14)10-7-5-6-8-15(9)10/h5-8H,3-4H2,1-2H3. The van der Waals surface area contributed by atoms with Gasteiger partial charge in [-0.05, 0) is 41.4 Å². The average molecular weight is 296 g/mol. The Hall–Kier alpha value is -1.29. The zero-order valence-electron chi connectivity index (χ0n) is 9.87. The van der Waals surface area contributed by atoms with Crippen LogP contribution in [0, 0.1) is 0 Å². The van der Waals surface area contributed by atoms with Crippen molar-refractivity contribution >= 4 is 27.4 Å². The van der Waals surface area contributed by atoms with Gasteiger partial charge in [0, 0.05) is 11.9 Å². The minimum Gasteiger partial charge on any atom is -0.462 e. The summed E-state index contributed by atoms with van der Waals surface area (Å²) in [5.74, 6) is -0.264. The van der Waals surface area contributed by atoms with Gasteiger partial charge in [-0.15, -0.1) is 0 Å². The molecule has 0 radical (unpaired) electrons. The molecule has 4 heteroatoms. The third-order valence-corrected chi connectivity index (χ3v) is 3.50. The first-order valence-electron chi connectivity index (χ1n) is 5.65. The quantitative estimate of drug-likeness (QED) is 0.812. The lowest BCUT2D eigenvalue weighted by Crippen LogP contribution is -2.07. The van der Waals surface area contributed by atoms with Crippen molar-refractivity contribution in [2.45, 2.75) is 20.3 Å². The molecule has 3 nitrogen and oxygen atoms in total. The highest BCUT2D eigenvalue weighted by Gasteiger charge is 2.21. The van der Waals surface area contributed by atoms with Crippen LogP contribution in [0.15, 0.2) is 28.9 Å². The van der Waals surface area contributed by atoms with Crippen LogP contribution in [0.1, 0.15) is 29.9 Å². The van der Waals surface area contributed by atoms with Gasteiger partial charge < -0.3 is 9.14 Å². The molecule has 17 heavy (non-hydrogen) atoms. The molecule has 0 aliphatic rings. The third-order valence-electron chi connectivity index (χ3n) is 2.70. The number of ether oxygens (including phenoxy) is 1. The summed E-state index contributed by atoms with van der Waals surface area (Å²) < 4.78 is 7.94. The van der Waals surface area contributed by atoms with Gasteiger partial charge in [0.1, 0.15) is 0 Å². The summed E-state index contributed by atoms with van der Waals surface area (Å²) in [5.41, 5.74) is 2.61. The fourth-order valence-corrected chi connectivity index (χ4v) is 2.70. The summed E-state index contributed by atoms with van der Waals surface area (Å²) in [4.78, 5) is 11.9. The predicted octanol–water partition coefficient (Wildman–Crippen LogP) is 3.44. The summed E-state index contributed by atoms with van der Waals surface area (Å²) in [7, 11) is 0. The van der Waals surface area contributed by atoms with Crippen molar-refractivity contribution in [2.24, 2.45) is 0 Å². The van der Waals surface area contributed by atoms with Gasteiger partial charge in [-0.1, -0.05) is 13.0 Å². The Labute approximate surface area is 109 Å². The van der Waals surface area contributed by atoms with Crippen molar-refractivity contribution in [3.63, 3.8) is 0 Å². The molecule has 0 bridgehead atoms. The van der Waals surface area contributed by atoms with Crippen LogP contribution >= 0.6 is 15.9 Å². The van der Waals surface area contributed by atoms with Crippen molar-refractivity contribution in [1.82, 2.24) is 4.40 Å². The Kier molecular flexibility index (Phi) is 3.52. The van der Waals surface area contributed by atoms with Gasteiger partial charge in [-0.25, -0.2) is 4.79 Å². The molecule has 0 N–H and O–H groups in total. The van der Waals surface area contributed by atoms with Gasteiger partial charge in [0.15, 0.2) is 0 Å². The minimum absolute atomic E-state index is 0.264. The number of hydrogen-bond donors (Lipinski definition) is 0. The summed E-state index contributed by atoms with van der Waals surface area (Å²) in [6.45, 7) is 4.23. The molecular weight excluding hydrogens is 282 g/mol. The molecule has 0 fully saturated rings. The monoisotopic (exact) mass is 295 g/mol. The largest absolute Gasteiger partial charge is 0.462 e. The second-order valence-electron chi connectivity index (χ2n) is 3.67. The topological polar surface area (TPSA) is 30.7 Å². The number of pyridine rings is 1. The Bertz CT molecular complexity index is 560. The lowest BCUT2D eigenvalue weighted by molar-refractivity contribution is 0.0524. The second kappa shape index (κ2) is 4.92. The number of halogens is 1. The van der Waals surface area contributed by atoms with Gasteiger partial charge in [-0.2, -0.15) is 0 Å². The summed E-state index contributed by atoms with van der Waals surface area (Å²) in [5, 5.41) is 0. The van der Waals surface area contributed by atoms with E-state index in [1.807, 2.05) is 42.6 Å². The molecule has 0 amide bonds. The van der Waals surface area contributed by atoms with Crippen LogP contribution < -0.4 is 0 Å². The smallest absolute Gasteiger partial charge is 0.341 e. The molecule has 0 saturated carbocycles. The number of aryl methyl sites for hydroxylation is 1. The van der Waals surface area contributed by atoms with E-state index in [4.69, 9.17) is 4.74 Å². The number of fused-ring (bicyclic) bond motifs is 1. The fourth-order valence-electron chi connectivity index (χ4n) is 1.99. The van der Waals surface area contributed by atoms with Gasteiger partial charge >= 0.3 is 5.97 Å². The normalized spacial score (nSPS) is 10.8. The first-order valence-corrected chi connectivity index (χ1v) is 6.44. The van der Waals surface area contributed by atoms with E-state index in [0.29, 0.717) is 12.2 Å². The van der Waals surface area contributed by atoms with Gasteiger partial charge in [-0.3, -0.25) is 0 Å². The molecule has 2 heterocycles. The lowest BCUT2D eigenvalue weighted by atomic mass is 10.2. The van der Waals surface area contributed by atoms with Gasteiger partial charge in [0.2, 0.25) is 0 Å². The molecule has 0 saturated heterocycles. The van der Waals surface area contributed by atoms with E-state index in [-0.39, 0.29) is 5.97 Å². The highest BCUT2D eigenvalue weighted by Crippen LogP contribution is 2.30. The van der Waals surface area contributed by atoms with E-state index in [1.54, 1.807) is 0 Å². The number of esters is 1. The number of nitrogens with zero attached hydrogens (tertiary/aromatic N) is 1. The van der Waals surface area contributed by atoms with E-state index in [9.17, 15) is 4.79 Å². The molecule has 2 aromatic rings. The molecule has 0 aliphatic heterocycles. The molecule has 0 atom stereocenters. The number of aromatic nitrogens is 1.